The van der Waals surface area contributed by atoms with Crippen molar-refractivity contribution in [3.63, 3.8) is 0 Å². The lowest BCUT2D eigenvalue weighted by Crippen LogP contribution is -2.29. The summed E-state index contributed by atoms with van der Waals surface area (Å²) >= 11 is 12.5. The molecule has 1 unspecified atom stereocenters. The van der Waals surface area contributed by atoms with Crippen LogP contribution < -0.4 is 14.4 Å². The first-order valence-electron chi connectivity index (χ1n) is 10.9. The molecule has 1 saturated heterocycles. The summed E-state index contributed by atoms with van der Waals surface area (Å²) in [5, 5.41) is 11.5. The van der Waals surface area contributed by atoms with Gasteiger partial charge >= 0.3 is 5.97 Å². The van der Waals surface area contributed by atoms with Crippen LogP contribution in [0.2, 0.25) is 10.0 Å². The minimum Gasteiger partial charge on any atom is -0.507 e. The zero-order valence-corrected chi connectivity index (χ0v) is 21.5. The monoisotopic (exact) mass is 541 g/mol. The molecule has 1 atom stereocenters. The zero-order chi connectivity index (χ0) is 26.9. The van der Waals surface area contributed by atoms with Crippen molar-refractivity contribution >= 4 is 52.3 Å². The third-order valence-electron chi connectivity index (χ3n) is 5.92. The number of hydrogen-bond acceptors (Lipinski definition) is 7. The Balaban J connectivity index is 1.91. The SMILES string of the molecule is COC(=O)c1ccc(N2C(=O)C(=O)/C(=C(/O)c3cc(Cl)c(OC)c(Cl)c3)C2c2ccc(OC)cc2)cc1. The standard InChI is InChI=1S/C27H21Cl2NO7/c1-35-18-10-6-14(7-11-18)22-21(23(31)16-12-19(28)25(36-2)20(29)13-16)24(32)26(33)30(22)17-8-4-15(5-9-17)27(34)37-3/h4-13,22,31H,1-3H3/b23-21+. The van der Waals surface area contributed by atoms with Gasteiger partial charge in [0.05, 0.1) is 48.6 Å². The van der Waals surface area contributed by atoms with Gasteiger partial charge in [-0.25, -0.2) is 4.79 Å². The number of esters is 1. The summed E-state index contributed by atoms with van der Waals surface area (Å²) in [4.78, 5) is 39.8. The Kier molecular flexibility index (Phi) is 7.42. The smallest absolute Gasteiger partial charge is 0.337 e. The van der Waals surface area contributed by atoms with E-state index in [0.29, 0.717) is 17.0 Å². The lowest BCUT2D eigenvalue weighted by molar-refractivity contribution is -0.132. The Bertz CT molecular complexity index is 1390. The van der Waals surface area contributed by atoms with Crippen molar-refractivity contribution in [2.45, 2.75) is 6.04 Å². The van der Waals surface area contributed by atoms with Crippen LogP contribution in [-0.4, -0.2) is 44.1 Å². The van der Waals surface area contributed by atoms with Gasteiger partial charge in [0.1, 0.15) is 11.5 Å². The van der Waals surface area contributed by atoms with Gasteiger partial charge in [-0.05, 0) is 54.1 Å². The molecule has 0 aromatic heterocycles. The fourth-order valence-electron chi connectivity index (χ4n) is 4.12. The van der Waals surface area contributed by atoms with E-state index >= 15 is 0 Å². The normalized spacial score (nSPS) is 16.6. The van der Waals surface area contributed by atoms with Gasteiger partial charge in [-0.2, -0.15) is 0 Å². The Morgan fingerprint density at radius 2 is 1.46 bits per heavy atom. The lowest BCUT2D eigenvalue weighted by Gasteiger charge is -2.25. The minimum atomic E-state index is -1.01. The number of aliphatic hydroxyl groups is 1. The van der Waals surface area contributed by atoms with Gasteiger partial charge in [0, 0.05) is 11.3 Å². The number of anilines is 1. The molecule has 37 heavy (non-hydrogen) atoms. The molecule has 0 aliphatic carbocycles. The number of nitrogens with zero attached hydrogens (tertiary/aromatic N) is 1. The van der Waals surface area contributed by atoms with E-state index in [4.69, 9.17) is 37.4 Å². The number of rotatable bonds is 6. The summed E-state index contributed by atoms with van der Waals surface area (Å²) in [5.41, 5.74) is 1.11. The molecule has 1 amide bonds. The molecule has 0 saturated carbocycles. The number of carbonyl (C=O) groups is 3. The summed E-state index contributed by atoms with van der Waals surface area (Å²) in [6.45, 7) is 0. The molecular formula is C27H21Cl2NO7. The number of methoxy groups -OCH3 is 3. The molecule has 190 valence electrons. The van der Waals surface area contributed by atoms with Crippen LogP contribution in [0.4, 0.5) is 5.69 Å². The predicted octanol–water partition coefficient (Wildman–Crippen LogP) is 5.42. The van der Waals surface area contributed by atoms with Crippen LogP contribution in [0, 0.1) is 0 Å². The number of ether oxygens (including phenoxy) is 3. The third-order valence-corrected chi connectivity index (χ3v) is 6.48. The third kappa shape index (κ3) is 4.73. The summed E-state index contributed by atoms with van der Waals surface area (Å²) in [6.07, 6.45) is 0. The van der Waals surface area contributed by atoms with Crippen LogP contribution in [-0.2, 0) is 14.3 Å². The van der Waals surface area contributed by atoms with E-state index in [2.05, 4.69) is 0 Å². The average molecular weight is 542 g/mol. The number of aliphatic hydroxyl groups excluding tert-OH is 1. The van der Waals surface area contributed by atoms with E-state index in [9.17, 15) is 19.5 Å². The first kappa shape index (κ1) is 26.1. The summed E-state index contributed by atoms with van der Waals surface area (Å²) in [5.74, 6) is -2.00. The van der Waals surface area contributed by atoms with Crippen LogP contribution in [0.3, 0.4) is 0 Å². The molecular weight excluding hydrogens is 521 g/mol. The molecule has 3 aromatic rings. The molecule has 4 rings (SSSR count). The van der Waals surface area contributed by atoms with Gasteiger partial charge in [0.15, 0.2) is 5.75 Å². The van der Waals surface area contributed by atoms with E-state index in [1.165, 1.54) is 62.6 Å². The molecule has 1 heterocycles. The molecule has 1 aliphatic rings. The second-order valence-electron chi connectivity index (χ2n) is 7.95. The van der Waals surface area contributed by atoms with Gasteiger partial charge in [-0.3, -0.25) is 14.5 Å². The summed E-state index contributed by atoms with van der Waals surface area (Å²) in [6, 6.07) is 14.5. The van der Waals surface area contributed by atoms with Crippen molar-refractivity contribution < 1.29 is 33.7 Å². The first-order valence-corrected chi connectivity index (χ1v) is 11.6. The average Bonchev–Trinajstić information content (AvgIpc) is 3.17. The number of halogens is 2. The van der Waals surface area contributed by atoms with Crippen molar-refractivity contribution in [2.75, 3.05) is 26.2 Å². The van der Waals surface area contributed by atoms with Crippen LogP contribution in [0.25, 0.3) is 5.76 Å². The molecule has 0 bridgehead atoms. The predicted molar refractivity (Wildman–Crippen MR) is 139 cm³/mol. The van der Waals surface area contributed by atoms with Crippen molar-refractivity contribution in [1.82, 2.24) is 0 Å². The Morgan fingerprint density at radius 1 is 0.865 bits per heavy atom. The quantitative estimate of drug-likeness (QED) is 0.192. The largest absolute Gasteiger partial charge is 0.507 e. The molecule has 8 nitrogen and oxygen atoms in total. The van der Waals surface area contributed by atoms with E-state index in [1.807, 2.05) is 0 Å². The zero-order valence-electron chi connectivity index (χ0n) is 20.0. The van der Waals surface area contributed by atoms with Crippen molar-refractivity contribution in [3.05, 3.63) is 93.0 Å². The summed E-state index contributed by atoms with van der Waals surface area (Å²) < 4.78 is 15.1. The van der Waals surface area contributed by atoms with E-state index in [-0.39, 0.29) is 32.5 Å². The van der Waals surface area contributed by atoms with Crippen LogP contribution in [0.15, 0.2) is 66.2 Å². The van der Waals surface area contributed by atoms with Crippen molar-refractivity contribution in [1.29, 1.82) is 0 Å². The first-order chi connectivity index (χ1) is 17.7. The van der Waals surface area contributed by atoms with Gasteiger partial charge in [0.2, 0.25) is 0 Å². The Labute approximate surface area is 222 Å². The number of Topliss-reactive ketones (excluding diaryl/α,β-unsaturated/α-hetero) is 1. The number of hydrogen-bond donors (Lipinski definition) is 1. The minimum absolute atomic E-state index is 0.116. The Hall–Kier alpha value is -4.01. The molecule has 1 aliphatic heterocycles. The van der Waals surface area contributed by atoms with Gasteiger partial charge < -0.3 is 19.3 Å². The van der Waals surface area contributed by atoms with Crippen LogP contribution in [0.5, 0.6) is 11.5 Å². The van der Waals surface area contributed by atoms with Crippen LogP contribution in [0.1, 0.15) is 27.5 Å². The van der Waals surface area contributed by atoms with Gasteiger partial charge in [-0.1, -0.05) is 35.3 Å². The van der Waals surface area contributed by atoms with Crippen molar-refractivity contribution in [3.8, 4) is 11.5 Å². The van der Waals surface area contributed by atoms with E-state index < -0.39 is 29.5 Å². The highest BCUT2D eigenvalue weighted by molar-refractivity contribution is 6.51. The van der Waals surface area contributed by atoms with Crippen molar-refractivity contribution in [2.24, 2.45) is 0 Å². The number of carbonyl (C=O) groups excluding carboxylic acids is 3. The van der Waals surface area contributed by atoms with Gasteiger partial charge in [-0.15, -0.1) is 0 Å². The highest BCUT2D eigenvalue weighted by Gasteiger charge is 2.47. The molecule has 0 radical (unpaired) electrons. The second kappa shape index (κ2) is 10.5. The molecule has 1 fully saturated rings. The van der Waals surface area contributed by atoms with E-state index in [0.717, 1.165) is 0 Å². The highest BCUT2D eigenvalue weighted by atomic mass is 35.5. The maximum Gasteiger partial charge on any atom is 0.337 e. The topological polar surface area (TPSA) is 102 Å². The molecule has 3 aromatic carbocycles. The fraction of sp³-hybridized carbons (Fsp3) is 0.148. The highest BCUT2D eigenvalue weighted by Crippen LogP contribution is 2.44. The lowest BCUT2D eigenvalue weighted by atomic mass is 9.95. The maximum absolute atomic E-state index is 13.3. The van der Waals surface area contributed by atoms with Gasteiger partial charge in [0.25, 0.3) is 11.7 Å². The molecule has 1 N–H and O–H groups in total. The molecule has 10 heteroatoms. The Morgan fingerprint density at radius 3 is 1.97 bits per heavy atom. The fourth-order valence-corrected chi connectivity index (χ4v) is 4.76. The maximum atomic E-state index is 13.3. The van der Waals surface area contributed by atoms with E-state index in [1.54, 1.807) is 24.3 Å². The number of amides is 1. The second-order valence-corrected chi connectivity index (χ2v) is 8.77. The van der Waals surface area contributed by atoms with Crippen LogP contribution >= 0.6 is 23.2 Å². The molecule has 0 spiro atoms. The number of benzene rings is 3. The number of ketones is 1. The summed E-state index contributed by atoms with van der Waals surface area (Å²) in [7, 11) is 4.17.